The second-order valence-corrected chi connectivity index (χ2v) is 5.52. The summed E-state index contributed by atoms with van der Waals surface area (Å²) in [6, 6.07) is 16.0. The van der Waals surface area contributed by atoms with E-state index >= 15 is 0 Å². The summed E-state index contributed by atoms with van der Waals surface area (Å²) in [5.41, 5.74) is 0.172. The van der Waals surface area contributed by atoms with Gasteiger partial charge in [-0.1, -0.05) is 60.7 Å². The number of benzene rings is 2. The predicted octanol–water partition coefficient (Wildman–Crippen LogP) is 3.75. The first-order valence-corrected chi connectivity index (χ1v) is 7.66. The van der Waals surface area contributed by atoms with Gasteiger partial charge in [-0.2, -0.15) is 13.2 Å². The molecule has 2 rings (SSSR count). The summed E-state index contributed by atoms with van der Waals surface area (Å²) >= 11 is 0. The van der Waals surface area contributed by atoms with E-state index in [9.17, 15) is 22.8 Å². The molecule has 26 heavy (non-hydrogen) atoms. The van der Waals surface area contributed by atoms with Crippen LogP contribution in [-0.4, -0.2) is 34.5 Å². The summed E-state index contributed by atoms with van der Waals surface area (Å²) in [6.45, 7) is -0.495. The van der Waals surface area contributed by atoms with Crippen LogP contribution in [0.3, 0.4) is 0 Å². The molecule has 0 atom stereocenters. The summed E-state index contributed by atoms with van der Waals surface area (Å²) in [6.07, 6.45) is -4.10. The molecule has 0 saturated heterocycles. The Bertz CT molecular complexity index is 787. The molecule has 0 heterocycles. The SMILES string of the molecule is O=C(O)CN(/C=C(/C(=O)C(F)(F)F)c1ccccc1)Cc1ccccc1. The van der Waals surface area contributed by atoms with Crippen molar-refractivity contribution in [2.75, 3.05) is 6.54 Å². The van der Waals surface area contributed by atoms with Gasteiger partial charge in [-0.15, -0.1) is 0 Å². The van der Waals surface area contributed by atoms with Crippen molar-refractivity contribution in [3.05, 3.63) is 78.0 Å². The molecule has 136 valence electrons. The lowest BCUT2D eigenvalue weighted by Crippen LogP contribution is -2.28. The monoisotopic (exact) mass is 363 g/mol. The molecule has 0 amide bonds. The molecule has 7 heteroatoms. The van der Waals surface area contributed by atoms with E-state index in [-0.39, 0.29) is 12.1 Å². The van der Waals surface area contributed by atoms with Crippen LogP contribution < -0.4 is 0 Å². The maximum atomic E-state index is 13.0. The molecule has 1 N–H and O–H groups in total. The number of nitrogens with zero attached hydrogens (tertiary/aromatic N) is 1. The van der Waals surface area contributed by atoms with Crippen molar-refractivity contribution in [2.24, 2.45) is 0 Å². The highest BCUT2D eigenvalue weighted by atomic mass is 19.4. The third kappa shape index (κ3) is 5.47. The van der Waals surface area contributed by atoms with Gasteiger partial charge in [-0.05, 0) is 11.1 Å². The molecule has 0 saturated carbocycles. The lowest BCUT2D eigenvalue weighted by Gasteiger charge is -2.21. The summed E-state index contributed by atoms with van der Waals surface area (Å²) in [7, 11) is 0. The fraction of sp³-hybridized carbons (Fsp3) is 0.158. The zero-order chi connectivity index (χ0) is 19.2. The van der Waals surface area contributed by atoms with Gasteiger partial charge in [0, 0.05) is 12.7 Å². The smallest absolute Gasteiger partial charge is 0.454 e. The third-order valence-corrected chi connectivity index (χ3v) is 3.47. The van der Waals surface area contributed by atoms with Crippen molar-refractivity contribution >= 4 is 17.3 Å². The van der Waals surface area contributed by atoms with Gasteiger partial charge in [-0.25, -0.2) is 0 Å². The average Bonchev–Trinajstić information content (AvgIpc) is 2.59. The third-order valence-electron chi connectivity index (χ3n) is 3.47. The quantitative estimate of drug-likeness (QED) is 0.762. The maximum Gasteiger partial charge on any atom is 0.454 e. The molecule has 0 aromatic heterocycles. The normalized spacial score (nSPS) is 11.9. The van der Waals surface area contributed by atoms with Crippen LogP contribution in [0.15, 0.2) is 66.9 Å². The van der Waals surface area contributed by atoms with E-state index in [1.807, 2.05) is 0 Å². The van der Waals surface area contributed by atoms with Crippen molar-refractivity contribution in [3.8, 4) is 0 Å². The van der Waals surface area contributed by atoms with Crippen LogP contribution in [0.2, 0.25) is 0 Å². The molecule has 0 aliphatic rings. The number of carbonyl (C=O) groups excluding carboxylic acids is 1. The highest BCUT2D eigenvalue weighted by Gasteiger charge is 2.41. The molecular formula is C19H16F3NO3. The van der Waals surface area contributed by atoms with Gasteiger partial charge < -0.3 is 10.0 Å². The number of carboxylic acid groups (broad SMARTS) is 1. The van der Waals surface area contributed by atoms with Crippen LogP contribution in [0, 0.1) is 0 Å². The van der Waals surface area contributed by atoms with E-state index in [0.29, 0.717) is 5.56 Å². The second kappa shape index (κ2) is 8.33. The second-order valence-electron chi connectivity index (χ2n) is 5.52. The van der Waals surface area contributed by atoms with Gasteiger partial charge in [0.1, 0.15) is 6.54 Å². The van der Waals surface area contributed by atoms with E-state index in [1.54, 1.807) is 36.4 Å². The highest BCUT2D eigenvalue weighted by Crippen LogP contribution is 2.27. The molecule has 0 radical (unpaired) electrons. The van der Waals surface area contributed by atoms with Gasteiger partial charge in [0.05, 0.1) is 5.57 Å². The maximum absolute atomic E-state index is 13.0. The molecule has 0 fully saturated rings. The first kappa shape index (κ1) is 19.2. The van der Waals surface area contributed by atoms with Crippen LogP contribution in [0.4, 0.5) is 13.2 Å². The molecule has 0 unspecified atom stereocenters. The first-order chi connectivity index (χ1) is 12.3. The van der Waals surface area contributed by atoms with Crippen molar-refractivity contribution < 1.29 is 27.9 Å². The van der Waals surface area contributed by atoms with Crippen LogP contribution in [0.5, 0.6) is 0 Å². The number of Topliss-reactive ketones (excluding diaryl/α,β-unsaturated/α-hetero) is 1. The number of rotatable bonds is 7. The summed E-state index contributed by atoms with van der Waals surface area (Å²) in [4.78, 5) is 24.1. The summed E-state index contributed by atoms with van der Waals surface area (Å²) < 4.78 is 39.0. The van der Waals surface area contributed by atoms with E-state index in [2.05, 4.69) is 0 Å². The van der Waals surface area contributed by atoms with Gasteiger partial charge in [-0.3, -0.25) is 9.59 Å². The van der Waals surface area contributed by atoms with E-state index in [4.69, 9.17) is 5.11 Å². The minimum atomic E-state index is -5.07. The molecule has 2 aromatic carbocycles. The van der Waals surface area contributed by atoms with Crippen molar-refractivity contribution in [2.45, 2.75) is 12.7 Å². The largest absolute Gasteiger partial charge is 0.480 e. The van der Waals surface area contributed by atoms with E-state index in [0.717, 1.165) is 6.20 Å². The lowest BCUT2D eigenvalue weighted by atomic mass is 10.0. The van der Waals surface area contributed by atoms with Gasteiger partial charge >= 0.3 is 12.1 Å². The highest BCUT2D eigenvalue weighted by molar-refractivity contribution is 6.23. The lowest BCUT2D eigenvalue weighted by molar-refractivity contribution is -0.164. The Morgan fingerprint density at radius 2 is 1.50 bits per heavy atom. The van der Waals surface area contributed by atoms with Gasteiger partial charge in [0.15, 0.2) is 0 Å². The zero-order valence-corrected chi connectivity index (χ0v) is 13.6. The number of hydrogen-bond acceptors (Lipinski definition) is 3. The topological polar surface area (TPSA) is 57.6 Å². The van der Waals surface area contributed by atoms with Crippen molar-refractivity contribution in [1.82, 2.24) is 4.90 Å². The van der Waals surface area contributed by atoms with Crippen LogP contribution in [-0.2, 0) is 16.1 Å². The minimum Gasteiger partial charge on any atom is -0.480 e. The summed E-state index contributed by atoms with van der Waals surface area (Å²) in [5, 5.41) is 9.07. The molecule has 0 bridgehead atoms. The minimum absolute atomic E-state index is 0.0502. The molecule has 0 aliphatic heterocycles. The Hall–Kier alpha value is -3.09. The number of aliphatic carboxylic acids is 1. The predicted molar refractivity (Wildman–Crippen MR) is 90.0 cm³/mol. The van der Waals surface area contributed by atoms with Gasteiger partial charge in [0.2, 0.25) is 0 Å². The average molecular weight is 363 g/mol. The van der Waals surface area contributed by atoms with Crippen molar-refractivity contribution in [1.29, 1.82) is 0 Å². The number of carbonyl (C=O) groups is 2. The van der Waals surface area contributed by atoms with Crippen LogP contribution >= 0.6 is 0 Å². The van der Waals surface area contributed by atoms with Crippen molar-refractivity contribution in [3.63, 3.8) is 0 Å². The Morgan fingerprint density at radius 1 is 0.962 bits per heavy atom. The Labute approximate surface area is 148 Å². The number of allylic oxidation sites excluding steroid dienone is 1. The van der Waals surface area contributed by atoms with E-state index in [1.165, 1.54) is 29.2 Å². The number of halogens is 3. The fourth-order valence-electron chi connectivity index (χ4n) is 2.36. The fourth-order valence-corrected chi connectivity index (χ4v) is 2.36. The van der Waals surface area contributed by atoms with Crippen LogP contribution in [0.25, 0.3) is 5.57 Å². The number of carboxylic acids is 1. The standard InChI is InChI=1S/C19H16F3NO3/c20-19(21,22)18(26)16(15-9-5-2-6-10-15)12-23(13-17(24)25)11-14-7-3-1-4-8-14/h1-10,12H,11,13H2,(H,24,25)/b16-12+. The molecule has 0 spiro atoms. The number of hydrogen-bond donors (Lipinski definition) is 1. The zero-order valence-electron chi connectivity index (χ0n) is 13.6. The van der Waals surface area contributed by atoms with E-state index < -0.39 is 30.0 Å². The molecular weight excluding hydrogens is 347 g/mol. The number of alkyl halides is 3. The number of ketones is 1. The van der Waals surface area contributed by atoms with Gasteiger partial charge in [0.25, 0.3) is 5.78 Å². The Balaban J connectivity index is 2.44. The Morgan fingerprint density at radius 3 is 2.00 bits per heavy atom. The molecule has 2 aromatic rings. The molecule has 4 nitrogen and oxygen atoms in total. The first-order valence-electron chi connectivity index (χ1n) is 7.66. The van der Waals surface area contributed by atoms with Crippen LogP contribution in [0.1, 0.15) is 11.1 Å². The molecule has 0 aliphatic carbocycles. The summed E-state index contributed by atoms with van der Waals surface area (Å²) in [5.74, 6) is -3.24. The Kier molecular flexibility index (Phi) is 6.16.